The van der Waals surface area contributed by atoms with Gasteiger partial charge in [-0.1, -0.05) is 12.1 Å². The summed E-state index contributed by atoms with van der Waals surface area (Å²) in [6, 6.07) is 7.36. The Balaban J connectivity index is 1.35. The van der Waals surface area contributed by atoms with Crippen molar-refractivity contribution in [1.82, 2.24) is 20.3 Å². The van der Waals surface area contributed by atoms with Crippen LogP contribution in [0.2, 0.25) is 0 Å². The number of hydrogen-bond acceptors (Lipinski definition) is 6. The number of imidazole rings is 1. The molecule has 1 atom stereocenters. The van der Waals surface area contributed by atoms with Crippen LogP contribution in [0.25, 0.3) is 11.0 Å². The molecule has 1 aliphatic carbocycles. The Kier molecular flexibility index (Phi) is 4.76. The molecule has 0 saturated carbocycles. The second-order valence-electron chi connectivity index (χ2n) is 6.36. The highest BCUT2D eigenvalue weighted by molar-refractivity contribution is 7.15. The van der Waals surface area contributed by atoms with Gasteiger partial charge in [-0.15, -0.1) is 11.3 Å². The van der Waals surface area contributed by atoms with Crippen LogP contribution in [0.1, 0.15) is 22.8 Å². The quantitative estimate of drug-likeness (QED) is 0.598. The Morgan fingerprint density at radius 3 is 3.00 bits per heavy atom. The number of ether oxygens (including phenoxy) is 1. The molecule has 1 aliphatic rings. The lowest BCUT2D eigenvalue weighted by Gasteiger charge is -2.18. The topological polar surface area (TPSA) is 109 Å². The van der Waals surface area contributed by atoms with Crippen LogP contribution >= 0.6 is 11.3 Å². The molecule has 1 aromatic carbocycles. The Labute approximate surface area is 159 Å². The molecule has 0 spiro atoms. The lowest BCUT2D eigenvalue weighted by atomic mass is 9.91. The standard InChI is InChI=1S/C18H19N5O3S/c1-26-16(24)10-6-7-14-13(8-10)22-18(27-14)23-17(25)19-9-15-20-11-4-2-3-5-12(11)21-15/h2-5,10H,6-9H2,1H3,(H,20,21)(H2,19,22,23,25). The van der Waals surface area contributed by atoms with E-state index in [1.165, 1.54) is 18.4 Å². The van der Waals surface area contributed by atoms with Crippen molar-refractivity contribution >= 4 is 39.5 Å². The molecule has 0 fully saturated rings. The van der Waals surface area contributed by atoms with Crippen LogP contribution in [0.4, 0.5) is 9.93 Å². The second-order valence-corrected chi connectivity index (χ2v) is 7.44. The van der Waals surface area contributed by atoms with Gasteiger partial charge in [0.05, 0.1) is 36.3 Å². The van der Waals surface area contributed by atoms with E-state index in [1.54, 1.807) is 0 Å². The molecule has 1 unspecified atom stereocenters. The van der Waals surface area contributed by atoms with Crippen LogP contribution < -0.4 is 10.6 Å². The van der Waals surface area contributed by atoms with E-state index < -0.39 is 0 Å². The van der Waals surface area contributed by atoms with Crippen molar-refractivity contribution in [3.63, 3.8) is 0 Å². The number of rotatable bonds is 4. The molecule has 27 heavy (non-hydrogen) atoms. The van der Waals surface area contributed by atoms with E-state index >= 15 is 0 Å². The smallest absolute Gasteiger partial charge is 0.321 e. The summed E-state index contributed by atoms with van der Waals surface area (Å²) in [5.74, 6) is 0.330. The Morgan fingerprint density at radius 1 is 1.33 bits per heavy atom. The van der Waals surface area contributed by atoms with Gasteiger partial charge in [-0.05, 0) is 25.0 Å². The van der Waals surface area contributed by atoms with Crippen LogP contribution in [-0.4, -0.2) is 34.1 Å². The third-order valence-corrected chi connectivity index (χ3v) is 5.62. The number of H-pyrrole nitrogens is 1. The zero-order valence-electron chi connectivity index (χ0n) is 14.7. The van der Waals surface area contributed by atoms with E-state index in [2.05, 4.69) is 25.6 Å². The van der Waals surface area contributed by atoms with Crippen molar-refractivity contribution in [2.45, 2.75) is 25.8 Å². The molecule has 0 radical (unpaired) electrons. The number of carbonyl (C=O) groups excluding carboxylic acids is 2. The average Bonchev–Trinajstić information content (AvgIpc) is 3.27. The number of nitrogens with zero attached hydrogens (tertiary/aromatic N) is 2. The lowest BCUT2D eigenvalue weighted by molar-refractivity contribution is -0.145. The number of carbonyl (C=O) groups is 2. The van der Waals surface area contributed by atoms with Crippen molar-refractivity contribution in [1.29, 1.82) is 0 Å². The first-order valence-electron chi connectivity index (χ1n) is 8.67. The van der Waals surface area contributed by atoms with E-state index in [1.807, 2.05) is 24.3 Å². The molecule has 3 aromatic rings. The largest absolute Gasteiger partial charge is 0.469 e. The van der Waals surface area contributed by atoms with Crippen molar-refractivity contribution in [3.05, 3.63) is 40.7 Å². The van der Waals surface area contributed by atoms with Crippen LogP contribution in [0.5, 0.6) is 0 Å². The Morgan fingerprint density at radius 2 is 2.19 bits per heavy atom. The summed E-state index contributed by atoms with van der Waals surface area (Å²) >= 11 is 1.45. The number of anilines is 1. The number of para-hydroxylation sites is 2. The lowest BCUT2D eigenvalue weighted by Crippen LogP contribution is -2.28. The normalized spacial score (nSPS) is 16.0. The SMILES string of the molecule is COC(=O)C1CCc2sc(NC(=O)NCc3nc4ccccc4[nH]3)nc2C1. The summed E-state index contributed by atoms with van der Waals surface area (Å²) in [7, 11) is 1.40. The molecule has 140 valence electrons. The fraction of sp³-hybridized carbons (Fsp3) is 0.333. The minimum absolute atomic E-state index is 0.153. The highest BCUT2D eigenvalue weighted by Gasteiger charge is 2.28. The molecule has 4 rings (SSSR count). The molecule has 9 heteroatoms. The number of fused-ring (bicyclic) bond motifs is 2. The number of thiazole rings is 1. The van der Waals surface area contributed by atoms with Gasteiger partial charge in [0.1, 0.15) is 5.82 Å². The minimum Gasteiger partial charge on any atom is -0.469 e. The third kappa shape index (κ3) is 3.77. The second kappa shape index (κ2) is 7.36. The molecule has 2 aromatic heterocycles. The molecule has 0 bridgehead atoms. The van der Waals surface area contributed by atoms with E-state index in [0.717, 1.165) is 34.4 Å². The summed E-state index contributed by atoms with van der Waals surface area (Å²) in [4.78, 5) is 37.0. The number of hydrogen-bond donors (Lipinski definition) is 3. The first-order chi connectivity index (χ1) is 13.1. The summed E-state index contributed by atoms with van der Waals surface area (Å²) in [5, 5.41) is 6.07. The summed E-state index contributed by atoms with van der Waals surface area (Å²) < 4.78 is 4.82. The van der Waals surface area contributed by atoms with Crippen molar-refractivity contribution in [2.75, 3.05) is 12.4 Å². The van der Waals surface area contributed by atoms with Crippen LogP contribution in [0.3, 0.4) is 0 Å². The maximum absolute atomic E-state index is 12.2. The van der Waals surface area contributed by atoms with Crippen LogP contribution in [-0.2, 0) is 28.9 Å². The van der Waals surface area contributed by atoms with Crippen molar-refractivity contribution in [3.8, 4) is 0 Å². The van der Waals surface area contributed by atoms with E-state index in [0.29, 0.717) is 17.4 Å². The van der Waals surface area contributed by atoms with Gasteiger partial charge in [0, 0.05) is 11.3 Å². The van der Waals surface area contributed by atoms with Gasteiger partial charge < -0.3 is 15.0 Å². The molecule has 3 N–H and O–H groups in total. The highest BCUT2D eigenvalue weighted by Crippen LogP contribution is 2.32. The molecule has 0 saturated heterocycles. The number of nitrogens with one attached hydrogen (secondary N) is 3. The van der Waals surface area contributed by atoms with Gasteiger partial charge in [-0.25, -0.2) is 14.8 Å². The molecule has 2 heterocycles. The number of benzene rings is 1. The predicted molar refractivity (Wildman–Crippen MR) is 102 cm³/mol. The van der Waals surface area contributed by atoms with Crippen LogP contribution in [0, 0.1) is 5.92 Å². The van der Waals surface area contributed by atoms with Crippen LogP contribution in [0.15, 0.2) is 24.3 Å². The summed E-state index contributed by atoms with van der Waals surface area (Å²) in [5.41, 5.74) is 2.67. The number of aryl methyl sites for hydroxylation is 1. The average molecular weight is 385 g/mol. The maximum atomic E-state index is 12.2. The van der Waals surface area contributed by atoms with Gasteiger partial charge >= 0.3 is 12.0 Å². The number of aromatic amines is 1. The van der Waals surface area contributed by atoms with Gasteiger partial charge in [-0.2, -0.15) is 0 Å². The summed E-state index contributed by atoms with van der Waals surface area (Å²) in [6.07, 6.45) is 2.08. The Hall–Kier alpha value is -2.94. The zero-order valence-corrected chi connectivity index (χ0v) is 15.6. The minimum atomic E-state index is -0.342. The monoisotopic (exact) mass is 385 g/mol. The van der Waals surface area contributed by atoms with Gasteiger partial charge in [0.15, 0.2) is 5.13 Å². The fourth-order valence-electron chi connectivity index (χ4n) is 3.19. The third-order valence-electron chi connectivity index (χ3n) is 4.55. The van der Waals surface area contributed by atoms with E-state index in [9.17, 15) is 9.59 Å². The van der Waals surface area contributed by atoms with E-state index in [-0.39, 0.29) is 24.5 Å². The highest BCUT2D eigenvalue weighted by atomic mass is 32.1. The Bertz CT molecular complexity index is 963. The van der Waals surface area contributed by atoms with Crippen molar-refractivity contribution in [2.24, 2.45) is 5.92 Å². The first-order valence-corrected chi connectivity index (χ1v) is 9.49. The molecule has 8 nitrogen and oxygen atoms in total. The number of aromatic nitrogens is 3. The number of urea groups is 1. The fourth-order valence-corrected chi connectivity index (χ4v) is 4.19. The molecular weight excluding hydrogens is 366 g/mol. The first kappa shape index (κ1) is 17.5. The van der Waals surface area contributed by atoms with E-state index in [4.69, 9.17) is 4.74 Å². The zero-order chi connectivity index (χ0) is 18.8. The number of esters is 1. The van der Waals surface area contributed by atoms with Gasteiger partial charge in [0.2, 0.25) is 0 Å². The predicted octanol–water partition coefficient (Wildman–Crippen LogP) is 2.62. The number of methoxy groups -OCH3 is 1. The number of amides is 2. The molecule has 0 aliphatic heterocycles. The molecular formula is C18H19N5O3S. The van der Waals surface area contributed by atoms with Gasteiger partial charge in [0.25, 0.3) is 0 Å². The summed E-state index contributed by atoms with van der Waals surface area (Å²) in [6.45, 7) is 0.288. The van der Waals surface area contributed by atoms with Gasteiger partial charge in [-0.3, -0.25) is 10.1 Å². The van der Waals surface area contributed by atoms with Crippen molar-refractivity contribution < 1.29 is 14.3 Å². The maximum Gasteiger partial charge on any atom is 0.321 e. The molecule has 2 amide bonds.